The minimum Gasteiger partial charge on any atom is -0.461 e. The first kappa shape index (κ1) is 28.7. The van der Waals surface area contributed by atoms with E-state index in [1.165, 1.54) is 0 Å². The highest BCUT2D eigenvalue weighted by Crippen LogP contribution is 2.48. The van der Waals surface area contributed by atoms with Crippen LogP contribution in [-0.4, -0.2) is 82.4 Å². The largest absolute Gasteiger partial charge is 0.461 e. The summed E-state index contributed by atoms with van der Waals surface area (Å²) in [6, 6.07) is 8.45. The monoisotopic (exact) mass is 614 g/mol. The van der Waals surface area contributed by atoms with E-state index in [4.69, 9.17) is 29.9 Å². The van der Waals surface area contributed by atoms with E-state index in [-0.39, 0.29) is 11.6 Å². The predicted molar refractivity (Wildman–Crippen MR) is 164 cm³/mol. The molecule has 0 saturated carbocycles. The fourth-order valence-electron chi connectivity index (χ4n) is 8.46. The van der Waals surface area contributed by atoms with Crippen molar-refractivity contribution in [1.29, 1.82) is 5.26 Å². The molecular weight excluding hydrogens is 575 g/mol. The fourth-order valence-corrected chi connectivity index (χ4v) is 8.46. The Labute approximate surface area is 262 Å². The number of aromatic nitrogens is 4. The smallest absolute Gasteiger partial charge is 0.318 e. The van der Waals surface area contributed by atoms with E-state index in [0.717, 1.165) is 66.9 Å². The van der Waals surface area contributed by atoms with Gasteiger partial charge in [-0.25, -0.2) is 4.39 Å². The highest BCUT2D eigenvalue weighted by atomic mass is 19.1. The van der Waals surface area contributed by atoms with Gasteiger partial charge in [0.05, 0.1) is 42.7 Å². The predicted octanol–water partition coefficient (Wildman–Crippen LogP) is 3.46. The number of hydrogen-bond acceptors (Lipinski definition) is 10. The molecule has 4 aliphatic heterocycles. The first-order valence-electron chi connectivity index (χ1n) is 16.2. The molecule has 3 fully saturated rings. The van der Waals surface area contributed by atoms with Crippen LogP contribution in [0.5, 0.6) is 6.01 Å². The van der Waals surface area contributed by atoms with Crippen LogP contribution in [-0.2, 0) is 34.5 Å². The quantitative estimate of drug-likeness (QED) is 0.427. The van der Waals surface area contributed by atoms with E-state index in [2.05, 4.69) is 21.0 Å². The van der Waals surface area contributed by atoms with Gasteiger partial charge in [0, 0.05) is 61.7 Å². The van der Waals surface area contributed by atoms with Crippen molar-refractivity contribution in [3.63, 3.8) is 0 Å². The Bertz CT molecular complexity index is 1630. The van der Waals surface area contributed by atoms with Crippen molar-refractivity contribution in [2.45, 2.75) is 74.9 Å². The van der Waals surface area contributed by atoms with Crippen molar-refractivity contribution < 1.29 is 18.6 Å². The topological polar surface area (TPSA) is 128 Å². The molecule has 1 aromatic carbocycles. The summed E-state index contributed by atoms with van der Waals surface area (Å²) in [5, 5.41) is 14.6. The molecule has 4 atom stereocenters. The van der Waals surface area contributed by atoms with E-state index in [9.17, 15) is 9.65 Å². The van der Waals surface area contributed by atoms with Gasteiger partial charge in [-0.15, -0.1) is 0 Å². The average Bonchev–Trinajstić information content (AvgIpc) is 3.73. The highest BCUT2D eigenvalue weighted by molar-refractivity contribution is 5.63. The molecule has 45 heavy (non-hydrogen) atoms. The van der Waals surface area contributed by atoms with Gasteiger partial charge in [0.15, 0.2) is 0 Å². The van der Waals surface area contributed by atoms with Crippen LogP contribution in [0.3, 0.4) is 0 Å². The molecule has 8 rings (SSSR count). The summed E-state index contributed by atoms with van der Waals surface area (Å²) in [6.07, 6.45) is 8.39. The Hall–Kier alpha value is -3.79. The lowest BCUT2D eigenvalue weighted by molar-refractivity contribution is -0.0857. The standard InChI is InChI=1S/C33H39FN8O3/c34-23-14-32(7-2-10-41(32)17-23)21-44-31-38-28-15-33(8-1-4-22-5-6-27(36)25(16-35)29(22)33)45-20-26(28)30(39-31)40-12-13-43-19-24(18-40)42-11-3-9-37-42/h3,5-6,9,11,23-24H,1-2,4,7-8,10,12-15,17-21,36H2/t23-,24?,32+,33+/m1/s1. The maximum atomic E-state index is 14.6. The van der Waals surface area contributed by atoms with Crippen molar-refractivity contribution >= 4 is 11.5 Å². The van der Waals surface area contributed by atoms with Crippen molar-refractivity contribution in [2.24, 2.45) is 0 Å². The number of anilines is 2. The summed E-state index contributed by atoms with van der Waals surface area (Å²) in [5.41, 5.74) is 10.1. The van der Waals surface area contributed by atoms with E-state index in [1.807, 2.05) is 29.1 Å². The Morgan fingerprint density at radius 2 is 2.11 bits per heavy atom. The van der Waals surface area contributed by atoms with Crippen molar-refractivity contribution in [3.05, 3.63) is 58.5 Å². The maximum absolute atomic E-state index is 14.6. The van der Waals surface area contributed by atoms with Crippen LogP contribution < -0.4 is 15.4 Å². The van der Waals surface area contributed by atoms with Gasteiger partial charge in [0.1, 0.15) is 30.3 Å². The highest BCUT2D eigenvalue weighted by Gasteiger charge is 2.50. The van der Waals surface area contributed by atoms with Crippen LogP contribution in [0.15, 0.2) is 30.6 Å². The molecular formula is C33H39FN8O3. The summed E-state index contributed by atoms with van der Waals surface area (Å²) in [7, 11) is 0. The summed E-state index contributed by atoms with van der Waals surface area (Å²) in [4.78, 5) is 14.5. The zero-order valence-electron chi connectivity index (χ0n) is 25.5. The second kappa shape index (κ2) is 11.2. The molecule has 2 aromatic heterocycles. The molecule has 2 N–H and O–H groups in total. The molecule has 3 saturated heterocycles. The van der Waals surface area contributed by atoms with Crippen LogP contribution in [0, 0.1) is 11.3 Å². The van der Waals surface area contributed by atoms with Gasteiger partial charge < -0.3 is 24.8 Å². The molecule has 0 radical (unpaired) electrons. The van der Waals surface area contributed by atoms with E-state index < -0.39 is 11.8 Å². The van der Waals surface area contributed by atoms with Crippen LogP contribution in [0.4, 0.5) is 15.9 Å². The van der Waals surface area contributed by atoms with Crippen LogP contribution in [0.1, 0.15) is 66.1 Å². The van der Waals surface area contributed by atoms with E-state index in [0.29, 0.717) is 76.2 Å². The zero-order chi connectivity index (χ0) is 30.6. The first-order valence-corrected chi connectivity index (χ1v) is 16.2. The van der Waals surface area contributed by atoms with E-state index >= 15 is 0 Å². The number of aryl methyl sites for hydroxylation is 1. The molecule has 1 unspecified atom stereocenters. The van der Waals surface area contributed by atoms with Gasteiger partial charge in [-0.1, -0.05) is 6.07 Å². The maximum Gasteiger partial charge on any atom is 0.318 e. The second-order valence-electron chi connectivity index (χ2n) is 13.3. The molecule has 6 heterocycles. The van der Waals surface area contributed by atoms with Gasteiger partial charge in [-0.2, -0.15) is 20.3 Å². The normalized spacial score (nSPS) is 29.6. The number of nitrogens with zero attached hydrogens (tertiary/aromatic N) is 7. The third-order valence-corrected chi connectivity index (χ3v) is 10.6. The Morgan fingerprint density at radius 1 is 1.18 bits per heavy atom. The minimum atomic E-state index is -0.838. The third kappa shape index (κ3) is 4.92. The number of ether oxygens (including phenoxy) is 3. The van der Waals surface area contributed by atoms with Gasteiger partial charge >= 0.3 is 6.01 Å². The number of fused-ring (bicyclic) bond motifs is 4. The number of nitrogens with two attached hydrogens (primary N) is 1. The fraction of sp³-hybridized carbons (Fsp3) is 0.576. The lowest BCUT2D eigenvalue weighted by Crippen LogP contribution is -2.44. The summed E-state index contributed by atoms with van der Waals surface area (Å²) in [5.74, 6) is 0.771. The molecule has 1 aliphatic carbocycles. The van der Waals surface area contributed by atoms with Crippen molar-refractivity contribution in [2.75, 3.05) is 56.6 Å². The SMILES string of the molecule is N#Cc1c(N)ccc2c1[C@]1(CCC2)Cc2nc(OC[C@@]34CCCN3C[C@H](F)C4)nc(N3CCOCC(n4cccn4)C3)c2CO1. The molecule has 12 heteroatoms. The molecule has 5 aliphatic rings. The number of hydrogen-bond donors (Lipinski definition) is 1. The van der Waals surface area contributed by atoms with Gasteiger partial charge in [0.25, 0.3) is 0 Å². The Balaban J connectivity index is 1.18. The lowest BCUT2D eigenvalue weighted by atomic mass is 9.72. The van der Waals surface area contributed by atoms with Crippen molar-refractivity contribution in [1.82, 2.24) is 24.6 Å². The molecule has 1 spiro atoms. The average molecular weight is 615 g/mol. The van der Waals surface area contributed by atoms with Crippen LogP contribution in [0.2, 0.25) is 0 Å². The number of nitriles is 1. The second-order valence-corrected chi connectivity index (χ2v) is 13.3. The van der Waals surface area contributed by atoms with Crippen LogP contribution >= 0.6 is 0 Å². The Kier molecular flexibility index (Phi) is 7.15. The van der Waals surface area contributed by atoms with Gasteiger partial charge in [0.2, 0.25) is 0 Å². The molecule has 11 nitrogen and oxygen atoms in total. The summed E-state index contributed by atoms with van der Waals surface area (Å²) >= 11 is 0. The number of nitrogen functional groups attached to an aromatic ring is 1. The number of rotatable bonds is 5. The lowest BCUT2D eigenvalue weighted by Gasteiger charge is -2.43. The summed E-state index contributed by atoms with van der Waals surface area (Å²) < 4.78 is 35.8. The first-order chi connectivity index (χ1) is 22.0. The summed E-state index contributed by atoms with van der Waals surface area (Å²) in [6.45, 7) is 4.40. The molecule has 0 amide bonds. The molecule has 0 bridgehead atoms. The number of benzene rings is 1. The van der Waals surface area contributed by atoms with E-state index in [1.54, 1.807) is 6.20 Å². The van der Waals surface area contributed by atoms with Crippen LogP contribution in [0.25, 0.3) is 0 Å². The Morgan fingerprint density at radius 3 is 2.98 bits per heavy atom. The molecule has 3 aromatic rings. The number of halogens is 1. The third-order valence-electron chi connectivity index (χ3n) is 10.6. The van der Waals surface area contributed by atoms with Crippen molar-refractivity contribution in [3.8, 4) is 12.1 Å². The minimum absolute atomic E-state index is 0.00521. The number of alkyl halides is 1. The van der Waals surface area contributed by atoms with Gasteiger partial charge in [-0.3, -0.25) is 9.58 Å². The van der Waals surface area contributed by atoms with Gasteiger partial charge in [-0.05, 0) is 56.3 Å². The molecule has 236 valence electrons. The zero-order valence-corrected chi connectivity index (χ0v) is 25.5.